The second-order valence-corrected chi connectivity index (χ2v) is 6.11. The number of halogens is 1. The minimum absolute atomic E-state index is 0.146. The van der Waals surface area contributed by atoms with E-state index < -0.39 is 11.6 Å². The number of aromatic hydroxyl groups is 1. The molecule has 1 atom stereocenters. The van der Waals surface area contributed by atoms with Crippen molar-refractivity contribution in [3.8, 4) is 5.75 Å². The lowest BCUT2D eigenvalue weighted by Gasteiger charge is -2.33. The van der Waals surface area contributed by atoms with Gasteiger partial charge in [-0.15, -0.1) is 0 Å². The molecule has 132 valence electrons. The quantitative estimate of drug-likeness (QED) is 0.899. The number of carbonyl (C=O) groups is 1. The van der Waals surface area contributed by atoms with Crippen LogP contribution in [0.2, 0.25) is 0 Å². The molecule has 3 rings (SSSR count). The summed E-state index contributed by atoms with van der Waals surface area (Å²) >= 11 is 0. The number of aryl methyl sites for hydroxylation is 1. The Labute approximate surface area is 146 Å². The van der Waals surface area contributed by atoms with Crippen molar-refractivity contribution in [3.05, 3.63) is 65.0 Å². The minimum atomic E-state index is -0.697. The summed E-state index contributed by atoms with van der Waals surface area (Å²) < 4.78 is 19.2. The second kappa shape index (κ2) is 7.53. The van der Waals surface area contributed by atoms with Crippen molar-refractivity contribution >= 4 is 6.03 Å². The molecular formula is C19H21FN2O3. The number of nitrogens with zero attached hydrogens (tertiary/aromatic N) is 1. The zero-order chi connectivity index (χ0) is 17.8. The normalized spacial score (nSPS) is 17.4. The number of hydrogen-bond acceptors (Lipinski definition) is 3. The van der Waals surface area contributed by atoms with Crippen LogP contribution in [-0.2, 0) is 11.3 Å². The van der Waals surface area contributed by atoms with E-state index >= 15 is 0 Å². The van der Waals surface area contributed by atoms with E-state index in [1.54, 1.807) is 11.0 Å². The smallest absolute Gasteiger partial charge is 0.317 e. The van der Waals surface area contributed by atoms with E-state index in [2.05, 4.69) is 5.32 Å². The lowest BCUT2D eigenvalue weighted by atomic mass is 10.0. The highest BCUT2D eigenvalue weighted by atomic mass is 19.1. The predicted molar refractivity (Wildman–Crippen MR) is 91.7 cm³/mol. The van der Waals surface area contributed by atoms with Crippen molar-refractivity contribution in [1.29, 1.82) is 0 Å². The molecule has 1 fully saturated rings. The van der Waals surface area contributed by atoms with Gasteiger partial charge in [0.05, 0.1) is 13.2 Å². The molecule has 0 unspecified atom stereocenters. The molecule has 0 aromatic heterocycles. The molecule has 25 heavy (non-hydrogen) atoms. The van der Waals surface area contributed by atoms with Gasteiger partial charge in [-0.25, -0.2) is 9.18 Å². The van der Waals surface area contributed by atoms with Gasteiger partial charge >= 0.3 is 6.03 Å². The predicted octanol–water partition coefficient (Wildman–Crippen LogP) is 3.12. The molecule has 5 nitrogen and oxygen atoms in total. The number of morpholine rings is 1. The Balaban J connectivity index is 1.60. The minimum Gasteiger partial charge on any atom is -0.505 e. The fourth-order valence-electron chi connectivity index (χ4n) is 2.92. The highest BCUT2D eigenvalue weighted by Crippen LogP contribution is 2.25. The largest absolute Gasteiger partial charge is 0.505 e. The fourth-order valence-corrected chi connectivity index (χ4v) is 2.92. The lowest BCUT2D eigenvalue weighted by Crippen LogP contribution is -2.47. The summed E-state index contributed by atoms with van der Waals surface area (Å²) in [4.78, 5) is 14.1. The third-order valence-corrected chi connectivity index (χ3v) is 4.34. The van der Waals surface area contributed by atoms with Gasteiger partial charge in [-0.1, -0.05) is 30.3 Å². The third kappa shape index (κ3) is 4.09. The number of carbonyl (C=O) groups excluding carboxylic acids is 1. The number of ether oxygens (including phenoxy) is 1. The third-order valence-electron chi connectivity index (χ3n) is 4.34. The zero-order valence-corrected chi connectivity index (χ0v) is 14.0. The number of urea groups is 1. The van der Waals surface area contributed by atoms with Gasteiger partial charge in [0, 0.05) is 13.1 Å². The molecule has 0 bridgehead atoms. The van der Waals surface area contributed by atoms with Crippen LogP contribution in [0.3, 0.4) is 0 Å². The van der Waals surface area contributed by atoms with Crippen LogP contribution < -0.4 is 5.32 Å². The van der Waals surface area contributed by atoms with E-state index in [9.17, 15) is 14.3 Å². The summed E-state index contributed by atoms with van der Waals surface area (Å²) in [6.07, 6.45) is -0.146. The number of benzene rings is 2. The van der Waals surface area contributed by atoms with Crippen LogP contribution in [0.1, 0.15) is 22.8 Å². The summed E-state index contributed by atoms with van der Waals surface area (Å²) in [6, 6.07) is 11.8. The molecule has 0 saturated carbocycles. The molecule has 6 heteroatoms. The average molecular weight is 344 g/mol. The SMILES string of the molecule is Cc1ccccc1[C@@H]1CN(C(=O)NCc2ccc(O)c(F)c2)CCO1. The first-order chi connectivity index (χ1) is 12.0. The molecule has 0 aliphatic carbocycles. The first-order valence-electron chi connectivity index (χ1n) is 8.22. The molecule has 1 heterocycles. The Morgan fingerprint density at radius 3 is 2.92 bits per heavy atom. The van der Waals surface area contributed by atoms with Gasteiger partial charge in [0.2, 0.25) is 0 Å². The number of amides is 2. The molecule has 2 amide bonds. The number of phenols is 1. The first kappa shape index (κ1) is 17.2. The van der Waals surface area contributed by atoms with E-state index in [4.69, 9.17) is 4.74 Å². The second-order valence-electron chi connectivity index (χ2n) is 6.11. The topological polar surface area (TPSA) is 61.8 Å². The monoisotopic (exact) mass is 344 g/mol. The summed E-state index contributed by atoms with van der Waals surface area (Å²) in [5.41, 5.74) is 2.81. The van der Waals surface area contributed by atoms with Gasteiger partial charge in [0.1, 0.15) is 6.10 Å². The highest BCUT2D eigenvalue weighted by Gasteiger charge is 2.26. The van der Waals surface area contributed by atoms with Crippen LogP contribution in [0.5, 0.6) is 5.75 Å². The number of rotatable bonds is 3. The summed E-state index contributed by atoms with van der Waals surface area (Å²) in [5.74, 6) is -1.10. The Kier molecular flexibility index (Phi) is 5.19. The standard InChI is InChI=1S/C19H21FN2O3/c1-13-4-2-3-5-15(13)18-12-22(8-9-25-18)19(24)21-11-14-6-7-17(23)16(20)10-14/h2-7,10,18,23H,8-9,11-12H2,1H3,(H,21,24)/t18-/m0/s1. The Morgan fingerprint density at radius 1 is 1.36 bits per heavy atom. The van der Waals surface area contributed by atoms with E-state index in [1.165, 1.54) is 12.1 Å². The highest BCUT2D eigenvalue weighted by molar-refractivity contribution is 5.74. The van der Waals surface area contributed by atoms with Crippen LogP contribution in [0.4, 0.5) is 9.18 Å². The molecule has 0 spiro atoms. The molecule has 1 aliphatic heterocycles. The maximum atomic E-state index is 13.3. The first-order valence-corrected chi connectivity index (χ1v) is 8.22. The fraction of sp³-hybridized carbons (Fsp3) is 0.316. The van der Waals surface area contributed by atoms with Crippen molar-refractivity contribution < 1.29 is 19.0 Å². The van der Waals surface area contributed by atoms with Crippen molar-refractivity contribution in [3.63, 3.8) is 0 Å². The number of phenolic OH excluding ortho intramolecular Hbond substituents is 1. The Bertz CT molecular complexity index is 766. The van der Waals surface area contributed by atoms with Crippen LogP contribution in [0, 0.1) is 12.7 Å². The maximum absolute atomic E-state index is 13.3. The molecule has 2 N–H and O–H groups in total. The van der Waals surface area contributed by atoms with E-state index in [0.717, 1.165) is 11.1 Å². The summed E-state index contributed by atoms with van der Waals surface area (Å²) in [6.45, 7) is 3.68. The van der Waals surface area contributed by atoms with Gasteiger partial charge in [0.25, 0.3) is 0 Å². The zero-order valence-electron chi connectivity index (χ0n) is 14.0. The van der Waals surface area contributed by atoms with Crippen LogP contribution in [0.15, 0.2) is 42.5 Å². The van der Waals surface area contributed by atoms with Gasteiger partial charge in [0.15, 0.2) is 11.6 Å². The van der Waals surface area contributed by atoms with Gasteiger partial charge in [-0.05, 0) is 35.7 Å². The average Bonchev–Trinajstić information content (AvgIpc) is 2.63. The van der Waals surface area contributed by atoms with Gasteiger partial charge in [-0.2, -0.15) is 0 Å². The van der Waals surface area contributed by atoms with E-state index in [1.807, 2.05) is 31.2 Å². The molecule has 1 saturated heterocycles. The van der Waals surface area contributed by atoms with Crippen molar-refractivity contribution in [1.82, 2.24) is 10.2 Å². The van der Waals surface area contributed by atoms with Crippen molar-refractivity contribution in [2.45, 2.75) is 19.6 Å². The molecule has 1 aliphatic rings. The Morgan fingerprint density at radius 2 is 2.16 bits per heavy atom. The molecule has 0 radical (unpaired) electrons. The Hall–Kier alpha value is -2.60. The molecular weight excluding hydrogens is 323 g/mol. The van der Waals surface area contributed by atoms with Gasteiger partial charge < -0.3 is 20.1 Å². The molecule has 2 aromatic rings. The van der Waals surface area contributed by atoms with Crippen molar-refractivity contribution in [2.75, 3.05) is 19.7 Å². The van der Waals surface area contributed by atoms with Crippen molar-refractivity contribution in [2.24, 2.45) is 0 Å². The molecule has 2 aromatic carbocycles. The van der Waals surface area contributed by atoms with Gasteiger partial charge in [-0.3, -0.25) is 0 Å². The van der Waals surface area contributed by atoms with Crippen LogP contribution in [0.25, 0.3) is 0 Å². The van der Waals surface area contributed by atoms with E-state index in [0.29, 0.717) is 25.3 Å². The summed E-state index contributed by atoms with van der Waals surface area (Å²) in [5, 5.41) is 12.0. The van der Waals surface area contributed by atoms with Crippen LogP contribution in [-0.4, -0.2) is 35.7 Å². The summed E-state index contributed by atoms with van der Waals surface area (Å²) in [7, 11) is 0. The van der Waals surface area contributed by atoms with E-state index in [-0.39, 0.29) is 18.7 Å². The number of hydrogen-bond donors (Lipinski definition) is 2. The lowest BCUT2D eigenvalue weighted by molar-refractivity contribution is -0.0157. The number of nitrogens with one attached hydrogen (secondary N) is 1. The maximum Gasteiger partial charge on any atom is 0.317 e. The van der Waals surface area contributed by atoms with Crippen LogP contribution >= 0.6 is 0 Å².